The quantitative estimate of drug-likeness (QED) is 0.720. The summed E-state index contributed by atoms with van der Waals surface area (Å²) < 4.78 is 11.9. The van der Waals surface area contributed by atoms with Crippen LogP contribution in [0.3, 0.4) is 0 Å². The normalized spacial score (nSPS) is 20.9. The van der Waals surface area contributed by atoms with E-state index in [9.17, 15) is 0 Å². The van der Waals surface area contributed by atoms with E-state index in [0.717, 1.165) is 31.9 Å². The van der Waals surface area contributed by atoms with Crippen LogP contribution < -0.4 is 9.47 Å². The van der Waals surface area contributed by atoms with Crippen molar-refractivity contribution >= 4 is 17.8 Å². The molecule has 0 N–H and O–H groups in total. The van der Waals surface area contributed by atoms with E-state index in [1.54, 1.807) is 0 Å². The molecule has 0 radical (unpaired) electrons. The van der Waals surface area contributed by atoms with Crippen molar-refractivity contribution in [3.8, 4) is 11.5 Å². The molecule has 2 aromatic carbocycles. The maximum atomic E-state index is 6.23. The molecule has 0 aliphatic carbocycles. The van der Waals surface area contributed by atoms with Crippen molar-refractivity contribution in [2.45, 2.75) is 18.9 Å². The SMILES string of the molecule is Clc1cccc2c1O[C@@H](CN1CCC(CN=Cc3ccccc3)CC1)CO2. The highest BCUT2D eigenvalue weighted by Gasteiger charge is 2.27. The smallest absolute Gasteiger partial charge is 0.180 e. The number of benzene rings is 2. The second-order valence-corrected chi connectivity index (χ2v) is 7.67. The first kappa shape index (κ1) is 18.3. The summed E-state index contributed by atoms with van der Waals surface area (Å²) in [6.45, 7) is 4.54. The number of para-hydroxylation sites is 1. The fourth-order valence-corrected chi connectivity index (χ4v) is 3.89. The molecule has 2 aliphatic heterocycles. The number of nitrogens with zero attached hydrogens (tertiary/aromatic N) is 2. The Bertz CT molecular complexity index is 773. The van der Waals surface area contributed by atoms with Crippen molar-refractivity contribution in [2.24, 2.45) is 10.9 Å². The van der Waals surface area contributed by atoms with Gasteiger partial charge in [-0.2, -0.15) is 0 Å². The predicted molar refractivity (Wildman–Crippen MR) is 109 cm³/mol. The Labute approximate surface area is 165 Å². The average molecular weight is 385 g/mol. The van der Waals surface area contributed by atoms with Crippen LogP contribution in [0, 0.1) is 5.92 Å². The monoisotopic (exact) mass is 384 g/mol. The zero-order valence-electron chi connectivity index (χ0n) is 15.4. The fourth-order valence-electron chi connectivity index (χ4n) is 3.68. The number of hydrogen-bond acceptors (Lipinski definition) is 4. The Hall–Kier alpha value is -2.04. The van der Waals surface area contributed by atoms with E-state index < -0.39 is 0 Å². The fraction of sp³-hybridized carbons (Fsp3) is 0.409. The number of likely N-dealkylation sites (tertiary alicyclic amines) is 1. The zero-order valence-corrected chi connectivity index (χ0v) is 16.1. The third-order valence-corrected chi connectivity index (χ3v) is 5.51. The van der Waals surface area contributed by atoms with Gasteiger partial charge in [-0.1, -0.05) is 48.0 Å². The van der Waals surface area contributed by atoms with Crippen LogP contribution in [-0.4, -0.2) is 50.0 Å². The van der Waals surface area contributed by atoms with Crippen LogP contribution in [0.5, 0.6) is 11.5 Å². The minimum Gasteiger partial charge on any atom is -0.486 e. The van der Waals surface area contributed by atoms with Crippen LogP contribution in [0.15, 0.2) is 53.5 Å². The minimum atomic E-state index is 0.0325. The molecule has 1 fully saturated rings. The van der Waals surface area contributed by atoms with Gasteiger partial charge < -0.3 is 9.47 Å². The number of hydrogen-bond donors (Lipinski definition) is 0. The van der Waals surface area contributed by atoms with E-state index in [-0.39, 0.29) is 6.10 Å². The first-order chi connectivity index (χ1) is 13.3. The molecule has 2 heterocycles. The summed E-state index contributed by atoms with van der Waals surface area (Å²) in [5.74, 6) is 2.09. The molecular formula is C22H25ClN2O2. The van der Waals surface area contributed by atoms with Crippen molar-refractivity contribution in [1.82, 2.24) is 4.90 Å². The Balaban J connectivity index is 1.22. The first-order valence-corrected chi connectivity index (χ1v) is 10.0. The molecule has 27 heavy (non-hydrogen) atoms. The van der Waals surface area contributed by atoms with Crippen molar-refractivity contribution in [3.63, 3.8) is 0 Å². The molecule has 4 rings (SSSR count). The molecule has 0 unspecified atom stereocenters. The lowest BCUT2D eigenvalue weighted by atomic mass is 9.97. The minimum absolute atomic E-state index is 0.0325. The van der Waals surface area contributed by atoms with Crippen LogP contribution in [0.2, 0.25) is 5.02 Å². The van der Waals surface area contributed by atoms with Gasteiger partial charge in [-0.25, -0.2) is 0 Å². The number of fused-ring (bicyclic) bond motifs is 1. The zero-order chi connectivity index (χ0) is 18.5. The van der Waals surface area contributed by atoms with E-state index in [2.05, 4.69) is 22.0 Å². The van der Waals surface area contributed by atoms with Gasteiger partial charge in [0.25, 0.3) is 0 Å². The van der Waals surface area contributed by atoms with E-state index in [1.165, 1.54) is 18.4 Å². The summed E-state index contributed by atoms with van der Waals surface area (Å²) in [7, 11) is 0. The standard InChI is InChI=1S/C22H25ClN2O2/c23-20-7-4-8-21-22(20)27-19(16-26-21)15-25-11-9-18(10-12-25)14-24-13-17-5-2-1-3-6-17/h1-8,13,18-19H,9-12,14-16H2/t19-/m0/s1. The third-order valence-electron chi connectivity index (χ3n) is 5.21. The molecule has 0 aromatic heterocycles. The van der Waals surface area contributed by atoms with Crippen LogP contribution in [0.4, 0.5) is 0 Å². The number of ether oxygens (including phenoxy) is 2. The third kappa shape index (κ3) is 4.82. The van der Waals surface area contributed by atoms with E-state index >= 15 is 0 Å². The maximum Gasteiger partial charge on any atom is 0.180 e. The summed E-state index contributed by atoms with van der Waals surface area (Å²) in [4.78, 5) is 7.10. The topological polar surface area (TPSA) is 34.1 Å². The van der Waals surface area contributed by atoms with Gasteiger partial charge >= 0.3 is 0 Å². The molecule has 1 atom stereocenters. The molecule has 142 valence electrons. The summed E-state index contributed by atoms with van der Waals surface area (Å²) >= 11 is 6.23. The maximum absolute atomic E-state index is 6.23. The summed E-state index contributed by atoms with van der Waals surface area (Å²) in [6, 6.07) is 15.9. The molecule has 2 aliphatic rings. The molecule has 0 amide bonds. The molecule has 0 saturated carbocycles. The highest BCUT2D eigenvalue weighted by Crippen LogP contribution is 2.38. The Kier molecular flexibility index (Phi) is 5.95. The molecule has 0 spiro atoms. The summed E-state index contributed by atoms with van der Waals surface area (Å²) in [6.07, 6.45) is 4.37. The Morgan fingerprint density at radius 1 is 1.07 bits per heavy atom. The largest absolute Gasteiger partial charge is 0.486 e. The number of halogens is 1. The molecule has 1 saturated heterocycles. The lowest BCUT2D eigenvalue weighted by Crippen LogP contribution is -2.44. The number of piperidine rings is 1. The first-order valence-electron chi connectivity index (χ1n) is 9.63. The molecular weight excluding hydrogens is 360 g/mol. The molecule has 5 heteroatoms. The Morgan fingerprint density at radius 3 is 2.70 bits per heavy atom. The average Bonchev–Trinajstić information content (AvgIpc) is 2.71. The van der Waals surface area contributed by atoms with E-state index in [1.807, 2.05) is 42.6 Å². The number of rotatable bonds is 5. The lowest BCUT2D eigenvalue weighted by Gasteiger charge is -2.35. The van der Waals surface area contributed by atoms with Gasteiger partial charge in [0.2, 0.25) is 0 Å². The van der Waals surface area contributed by atoms with Crippen molar-refractivity contribution in [2.75, 3.05) is 32.8 Å². The number of aliphatic imine (C=N–C) groups is 1. The van der Waals surface area contributed by atoms with Crippen LogP contribution in [0.25, 0.3) is 0 Å². The molecule has 2 aromatic rings. The second kappa shape index (κ2) is 8.77. The van der Waals surface area contributed by atoms with Gasteiger partial charge in [-0.3, -0.25) is 9.89 Å². The van der Waals surface area contributed by atoms with Gasteiger partial charge in [0.1, 0.15) is 12.7 Å². The molecule has 4 nitrogen and oxygen atoms in total. The van der Waals surface area contributed by atoms with Crippen LogP contribution >= 0.6 is 11.6 Å². The van der Waals surface area contributed by atoms with Crippen molar-refractivity contribution < 1.29 is 9.47 Å². The van der Waals surface area contributed by atoms with Gasteiger partial charge in [0.05, 0.1) is 5.02 Å². The summed E-state index contributed by atoms with van der Waals surface area (Å²) in [5.41, 5.74) is 1.17. The van der Waals surface area contributed by atoms with Gasteiger partial charge in [-0.15, -0.1) is 0 Å². The van der Waals surface area contributed by atoms with Crippen LogP contribution in [0.1, 0.15) is 18.4 Å². The molecule has 0 bridgehead atoms. The van der Waals surface area contributed by atoms with Crippen LogP contribution in [-0.2, 0) is 0 Å². The summed E-state index contributed by atoms with van der Waals surface area (Å²) in [5, 5.41) is 0.618. The Morgan fingerprint density at radius 2 is 1.89 bits per heavy atom. The van der Waals surface area contributed by atoms with Crippen molar-refractivity contribution in [3.05, 3.63) is 59.1 Å². The highest BCUT2D eigenvalue weighted by atomic mass is 35.5. The van der Waals surface area contributed by atoms with Crippen molar-refractivity contribution in [1.29, 1.82) is 0 Å². The van der Waals surface area contributed by atoms with Gasteiger partial charge in [-0.05, 0) is 49.5 Å². The van der Waals surface area contributed by atoms with Gasteiger partial charge in [0, 0.05) is 19.3 Å². The highest BCUT2D eigenvalue weighted by molar-refractivity contribution is 6.32. The van der Waals surface area contributed by atoms with E-state index in [0.29, 0.717) is 23.3 Å². The van der Waals surface area contributed by atoms with Gasteiger partial charge in [0.15, 0.2) is 11.5 Å². The second-order valence-electron chi connectivity index (χ2n) is 7.27. The lowest BCUT2D eigenvalue weighted by molar-refractivity contribution is 0.0484. The predicted octanol–water partition coefficient (Wildman–Crippen LogP) is 4.31. The van der Waals surface area contributed by atoms with E-state index in [4.69, 9.17) is 21.1 Å².